The minimum atomic E-state index is -1.93. The van der Waals surface area contributed by atoms with Crippen LogP contribution in [0.4, 0.5) is 11.4 Å². The summed E-state index contributed by atoms with van der Waals surface area (Å²) in [6.07, 6.45) is 4.91. The van der Waals surface area contributed by atoms with Crippen LogP contribution in [0.25, 0.3) is 10.8 Å². The molecule has 1 amide bonds. The van der Waals surface area contributed by atoms with Crippen molar-refractivity contribution < 1.29 is 49.7 Å². The Morgan fingerprint density at radius 1 is 0.821 bits per heavy atom. The SMILES string of the molecule is C/C1=C/C=C/[C@H](C)[C@H](O)[C@@H](C)[C@@H](O)[C@@H](C)[C@H](O)[C@H](C)[C@@H](C)/C=C/O[C@@]2(C)Oc3c(C)c(O)c4c(O)c(c(N5CCN(CC(C)C)CC5)c(O)c4c3C2=O)NC1=O. The van der Waals surface area contributed by atoms with Crippen molar-refractivity contribution in [3.8, 4) is 23.0 Å². The highest BCUT2D eigenvalue weighted by Gasteiger charge is 2.50. The Balaban J connectivity index is 1.69. The van der Waals surface area contributed by atoms with Crippen LogP contribution < -0.4 is 15.0 Å². The first-order chi connectivity index (χ1) is 26.2. The standard InChI is InChI=1S/C43H61N3O10/c1-21(2)20-45-15-17-46(18-16-45)33-32-38(51)30-29(39(33)52)31-40(28(9)37(30)50)56-43(10,41(31)53)55-19-14-22(3)25(6)35(48)27(8)36(49)26(7)34(47)23(4)12-11-13-24(5)42(54)44-32/h11-14,19,21-23,25-27,34-36,47-52H,15-18,20H2,1-10H3,(H,44,54)/b12-11+,19-14+,24-13-/t22-,23-,25+,26+,27-,34-,35+,36+,43-/m0/s1. The highest BCUT2D eigenvalue weighted by Crippen LogP contribution is 2.57. The van der Waals surface area contributed by atoms with Gasteiger partial charge in [-0.1, -0.05) is 66.7 Å². The predicted molar refractivity (Wildman–Crippen MR) is 216 cm³/mol. The van der Waals surface area contributed by atoms with Crippen LogP contribution >= 0.6 is 0 Å². The lowest BCUT2D eigenvalue weighted by Crippen LogP contribution is -2.47. The number of nitrogens with one attached hydrogen (secondary N) is 1. The Bertz CT molecular complexity index is 1920. The van der Waals surface area contributed by atoms with E-state index >= 15 is 0 Å². The monoisotopic (exact) mass is 779 g/mol. The number of allylic oxidation sites excluding steroid dienone is 3. The molecule has 56 heavy (non-hydrogen) atoms. The van der Waals surface area contributed by atoms with E-state index < -0.39 is 70.8 Å². The van der Waals surface area contributed by atoms with Crippen molar-refractivity contribution in [1.29, 1.82) is 0 Å². The van der Waals surface area contributed by atoms with Crippen molar-refractivity contribution in [3.05, 3.63) is 47.3 Å². The molecule has 1 fully saturated rings. The number of aromatic hydroxyl groups is 3. The molecule has 6 rings (SSSR count). The van der Waals surface area contributed by atoms with Gasteiger partial charge in [0.15, 0.2) is 5.75 Å². The number of phenolic OH excluding ortho intramolecular Hbond substituents is 3. The molecule has 4 aliphatic rings. The summed E-state index contributed by atoms with van der Waals surface area (Å²) in [6.45, 7) is 20.7. The molecule has 13 heteroatoms. The van der Waals surface area contributed by atoms with Crippen LogP contribution in [0.3, 0.4) is 0 Å². The lowest BCUT2D eigenvalue weighted by molar-refractivity contribution is -0.112. The van der Waals surface area contributed by atoms with Crippen molar-refractivity contribution in [3.63, 3.8) is 0 Å². The van der Waals surface area contributed by atoms with Gasteiger partial charge in [-0.05, 0) is 37.7 Å². The summed E-state index contributed by atoms with van der Waals surface area (Å²) in [7, 11) is 0. The van der Waals surface area contributed by atoms with E-state index in [2.05, 4.69) is 24.1 Å². The first-order valence-corrected chi connectivity index (χ1v) is 19.7. The molecular weight excluding hydrogens is 718 g/mol. The Hall–Kier alpha value is -4.30. The lowest BCUT2D eigenvalue weighted by atomic mass is 9.77. The van der Waals surface area contributed by atoms with Gasteiger partial charge in [0.2, 0.25) is 0 Å². The molecule has 5 bridgehead atoms. The molecule has 0 radical (unpaired) electrons. The molecule has 2 aromatic rings. The maximum atomic E-state index is 14.4. The van der Waals surface area contributed by atoms with Gasteiger partial charge in [-0.2, -0.15) is 0 Å². The fraction of sp³-hybridized carbons (Fsp3) is 0.581. The molecule has 0 spiro atoms. The van der Waals surface area contributed by atoms with E-state index in [0.29, 0.717) is 32.1 Å². The van der Waals surface area contributed by atoms with Gasteiger partial charge in [0.25, 0.3) is 11.7 Å². The van der Waals surface area contributed by atoms with Gasteiger partial charge in [-0.15, -0.1) is 0 Å². The number of carbonyl (C=O) groups excluding carboxylic acids is 2. The number of benzene rings is 2. The maximum absolute atomic E-state index is 14.4. The third-order valence-corrected chi connectivity index (χ3v) is 12.2. The van der Waals surface area contributed by atoms with E-state index in [1.54, 1.807) is 52.0 Å². The number of nitrogens with zero attached hydrogens (tertiary/aromatic N) is 2. The lowest BCUT2D eigenvalue weighted by Gasteiger charge is -2.38. The topological polar surface area (TPSA) is 192 Å². The summed E-state index contributed by atoms with van der Waals surface area (Å²) in [4.78, 5) is 32.3. The van der Waals surface area contributed by atoms with E-state index in [4.69, 9.17) is 9.47 Å². The zero-order chi connectivity index (χ0) is 41.5. The molecule has 7 N–H and O–H groups in total. The largest absolute Gasteiger partial charge is 0.507 e. The maximum Gasteiger partial charge on any atom is 0.312 e. The van der Waals surface area contributed by atoms with Crippen molar-refractivity contribution in [2.75, 3.05) is 42.9 Å². The van der Waals surface area contributed by atoms with E-state index in [1.807, 2.05) is 18.7 Å². The first kappa shape index (κ1) is 42.8. The molecule has 308 valence electrons. The van der Waals surface area contributed by atoms with Gasteiger partial charge in [0, 0.05) is 73.9 Å². The number of ether oxygens (including phenoxy) is 2. The second kappa shape index (κ2) is 16.7. The van der Waals surface area contributed by atoms with Crippen molar-refractivity contribution in [2.24, 2.45) is 35.5 Å². The average Bonchev–Trinajstić information content (AvgIpc) is 3.42. The van der Waals surface area contributed by atoms with Crippen LogP contribution in [-0.4, -0.2) is 104 Å². The normalized spacial score (nSPS) is 33.2. The van der Waals surface area contributed by atoms with Crippen molar-refractivity contribution in [2.45, 2.75) is 93.3 Å². The summed E-state index contributed by atoms with van der Waals surface area (Å²) in [5, 5.41) is 72.1. The number of aliphatic hydroxyl groups is 3. The van der Waals surface area contributed by atoms with Crippen LogP contribution in [0.1, 0.15) is 78.2 Å². The number of piperazine rings is 1. The molecule has 0 aromatic heterocycles. The van der Waals surface area contributed by atoms with Crippen LogP contribution in [0, 0.1) is 42.4 Å². The zero-order valence-corrected chi connectivity index (χ0v) is 34.3. The minimum Gasteiger partial charge on any atom is -0.507 e. The number of ketones is 1. The molecule has 1 saturated heterocycles. The van der Waals surface area contributed by atoms with Crippen LogP contribution in [-0.2, 0) is 9.53 Å². The van der Waals surface area contributed by atoms with Gasteiger partial charge in [0.05, 0.1) is 35.5 Å². The number of phenols is 3. The van der Waals surface area contributed by atoms with Gasteiger partial charge in [-0.25, -0.2) is 0 Å². The zero-order valence-electron chi connectivity index (χ0n) is 34.3. The first-order valence-electron chi connectivity index (χ1n) is 19.7. The molecule has 9 atom stereocenters. The molecule has 4 aliphatic heterocycles. The number of aliphatic hydroxyl groups excluding tert-OH is 3. The summed E-state index contributed by atoms with van der Waals surface area (Å²) in [5.74, 6) is -6.50. The number of hydrogen-bond acceptors (Lipinski definition) is 12. The molecule has 0 unspecified atom stereocenters. The second-order valence-corrected chi connectivity index (χ2v) is 16.8. The number of carbonyl (C=O) groups is 2. The molecular formula is C43H61N3O10. The van der Waals surface area contributed by atoms with Gasteiger partial charge in [-0.3, -0.25) is 14.5 Å². The Morgan fingerprint density at radius 2 is 1.43 bits per heavy atom. The van der Waals surface area contributed by atoms with Gasteiger partial charge >= 0.3 is 5.79 Å². The summed E-state index contributed by atoms with van der Waals surface area (Å²) in [5.41, 5.74) is 0.234. The van der Waals surface area contributed by atoms with Crippen LogP contribution in [0.5, 0.6) is 23.0 Å². The number of amides is 1. The number of Topliss-reactive ketones (excluding diaryl/α,β-unsaturated/α-hetero) is 1. The second-order valence-electron chi connectivity index (χ2n) is 16.8. The molecule has 0 aliphatic carbocycles. The smallest absolute Gasteiger partial charge is 0.312 e. The Morgan fingerprint density at radius 3 is 2.05 bits per heavy atom. The number of fused-ring (bicyclic) bond motifs is 14. The fourth-order valence-corrected chi connectivity index (χ4v) is 8.16. The fourth-order valence-electron chi connectivity index (χ4n) is 8.16. The number of hydrogen-bond donors (Lipinski definition) is 7. The highest BCUT2D eigenvalue weighted by atomic mass is 16.7. The molecule has 2 aromatic carbocycles. The average molecular weight is 780 g/mol. The quantitative estimate of drug-likeness (QED) is 0.151. The van der Waals surface area contributed by atoms with Crippen LogP contribution in [0.2, 0.25) is 0 Å². The van der Waals surface area contributed by atoms with Crippen molar-refractivity contribution >= 4 is 33.8 Å². The third kappa shape index (κ3) is 7.96. The summed E-state index contributed by atoms with van der Waals surface area (Å²) >= 11 is 0. The Labute approximate surface area is 329 Å². The minimum absolute atomic E-state index is 0.0173. The Kier molecular flexibility index (Phi) is 12.7. The predicted octanol–water partition coefficient (Wildman–Crippen LogP) is 5.58. The van der Waals surface area contributed by atoms with E-state index in [-0.39, 0.29) is 56.4 Å². The van der Waals surface area contributed by atoms with E-state index in [1.165, 1.54) is 20.1 Å². The summed E-state index contributed by atoms with van der Waals surface area (Å²) < 4.78 is 12.1. The van der Waals surface area contributed by atoms with E-state index in [9.17, 15) is 40.2 Å². The molecule has 0 saturated carbocycles. The van der Waals surface area contributed by atoms with Crippen molar-refractivity contribution in [1.82, 2.24) is 4.90 Å². The van der Waals surface area contributed by atoms with Gasteiger partial charge in [0.1, 0.15) is 28.6 Å². The number of rotatable bonds is 3. The number of anilines is 2. The van der Waals surface area contributed by atoms with E-state index in [0.717, 1.165) is 6.54 Å². The van der Waals surface area contributed by atoms with Crippen LogP contribution in [0.15, 0.2) is 36.1 Å². The molecule has 13 nitrogen and oxygen atoms in total. The van der Waals surface area contributed by atoms with Gasteiger partial charge < -0.3 is 50.3 Å². The summed E-state index contributed by atoms with van der Waals surface area (Å²) in [6, 6.07) is 0. The highest BCUT2D eigenvalue weighted by molar-refractivity contribution is 6.23. The molecule has 4 heterocycles. The third-order valence-electron chi connectivity index (χ3n) is 12.2.